The molecule has 3 atom stereocenters. The van der Waals surface area contributed by atoms with Crippen molar-refractivity contribution in [2.24, 2.45) is 11.1 Å². The van der Waals surface area contributed by atoms with Crippen LogP contribution in [0.3, 0.4) is 0 Å². The monoisotopic (exact) mass is 269 g/mol. The minimum absolute atomic E-state index is 0.00347. The molecule has 0 aromatic heterocycles. The molecule has 2 rings (SSSR count). The molecule has 0 saturated carbocycles. The summed E-state index contributed by atoms with van der Waals surface area (Å²) in [6, 6.07) is 0.807. The molecule has 2 aliphatic rings. The third-order valence-corrected chi connectivity index (χ3v) is 5.13. The number of nitrogens with zero attached hydrogens (tertiary/aromatic N) is 1. The van der Waals surface area contributed by atoms with Crippen molar-refractivity contribution in [1.82, 2.24) is 10.2 Å². The highest BCUT2D eigenvalue weighted by atomic mass is 32.1. The van der Waals surface area contributed by atoms with Gasteiger partial charge in [0.15, 0.2) is 0 Å². The summed E-state index contributed by atoms with van der Waals surface area (Å²) in [6.45, 7) is 6.07. The summed E-state index contributed by atoms with van der Waals surface area (Å²) in [5.41, 5.74) is 5.02. The number of amides is 1. The van der Waals surface area contributed by atoms with Gasteiger partial charge < -0.3 is 11.1 Å². The molecule has 18 heavy (non-hydrogen) atoms. The van der Waals surface area contributed by atoms with Crippen molar-refractivity contribution >= 4 is 23.1 Å². The van der Waals surface area contributed by atoms with Gasteiger partial charge in [-0.3, -0.25) is 9.69 Å². The zero-order valence-electron chi connectivity index (χ0n) is 11.2. The fourth-order valence-electron chi connectivity index (χ4n) is 3.03. The second-order valence-electron chi connectivity index (χ2n) is 5.66. The first-order valence-electron chi connectivity index (χ1n) is 6.84. The molecule has 2 aliphatic heterocycles. The van der Waals surface area contributed by atoms with Crippen molar-refractivity contribution in [1.29, 1.82) is 0 Å². The predicted molar refractivity (Wildman–Crippen MR) is 76.3 cm³/mol. The fourth-order valence-corrected chi connectivity index (χ4v) is 3.26. The zero-order chi connectivity index (χ0) is 13.3. The van der Waals surface area contributed by atoms with Gasteiger partial charge in [0, 0.05) is 18.6 Å². The van der Waals surface area contributed by atoms with Crippen LogP contribution in [0, 0.1) is 5.41 Å². The quantitative estimate of drug-likeness (QED) is 0.749. The van der Waals surface area contributed by atoms with Crippen LogP contribution in [0.5, 0.6) is 0 Å². The molecule has 0 aromatic carbocycles. The normalized spacial score (nSPS) is 30.8. The second kappa shape index (κ2) is 5.13. The van der Waals surface area contributed by atoms with Crippen LogP contribution in [0.2, 0.25) is 0 Å². The zero-order valence-corrected chi connectivity index (χ0v) is 12.1. The van der Waals surface area contributed by atoms with E-state index >= 15 is 0 Å². The molecule has 0 aliphatic carbocycles. The average Bonchev–Trinajstić information content (AvgIpc) is 2.92. The fraction of sp³-hybridized carbons (Fsp3) is 0.846. The van der Waals surface area contributed by atoms with E-state index in [-0.39, 0.29) is 11.9 Å². The molecule has 0 radical (unpaired) electrons. The Hall–Kier alpha value is -0.680. The maximum atomic E-state index is 12.4. The number of carbonyl (C=O) groups excluding carboxylic acids is 1. The summed E-state index contributed by atoms with van der Waals surface area (Å²) in [7, 11) is 0. The Morgan fingerprint density at radius 1 is 1.50 bits per heavy atom. The lowest BCUT2D eigenvalue weighted by Gasteiger charge is -2.29. The lowest BCUT2D eigenvalue weighted by atomic mass is 9.86. The van der Waals surface area contributed by atoms with Crippen LogP contribution < -0.4 is 11.1 Å². The summed E-state index contributed by atoms with van der Waals surface area (Å²) in [5.74, 6) is -0.00347. The minimum atomic E-state index is -0.707. The van der Waals surface area contributed by atoms with E-state index in [4.69, 9.17) is 18.0 Å². The third-order valence-electron chi connectivity index (χ3n) is 4.67. The SMILES string of the molecule is CCC(C)(C(=O)NC1CCN2CCCC12)C(N)=S. The number of nitrogens with two attached hydrogens (primary N) is 1. The highest BCUT2D eigenvalue weighted by Crippen LogP contribution is 2.29. The van der Waals surface area contributed by atoms with Crippen molar-refractivity contribution < 1.29 is 4.79 Å². The number of carbonyl (C=O) groups is 1. The molecule has 0 bridgehead atoms. The standard InChI is InChI=1S/C13H23N3OS/c1-3-13(2,11(14)18)12(17)15-9-6-8-16-7-4-5-10(9)16/h9-10H,3-8H2,1-2H3,(H2,14,18)(H,15,17). The Morgan fingerprint density at radius 2 is 2.22 bits per heavy atom. The van der Waals surface area contributed by atoms with Crippen LogP contribution in [-0.4, -0.2) is 41.0 Å². The average molecular weight is 269 g/mol. The van der Waals surface area contributed by atoms with Gasteiger partial charge in [-0.1, -0.05) is 19.1 Å². The topological polar surface area (TPSA) is 58.4 Å². The van der Waals surface area contributed by atoms with E-state index in [1.165, 1.54) is 19.4 Å². The first-order chi connectivity index (χ1) is 8.49. The van der Waals surface area contributed by atoms with Crippen molar-refractivity contribution in [2.75, 3.05) is 13.1 Å². The Balaban J connectivity index is 2.01. The molecule has 1 amide bonds. The number of rotatable bonds is 4. The molecule has 102 valence electrons. The number of fused-ring (bicyclic) bond motifs is 1. The first-order valence-corrected chi connectivity index (χ1v) is 7.24. The molecular formula is C13H23N3OS. The summed E-state index contributed by atoms with van der Waals surface area (Å²) in [4.78, 5) is 15.2. The molecule has 3 unspecified atom stereocenters. The molecule has 4 nitrogen and oxygen atoms in total. The minimum Gasteiger partial charge on any atom is -0.392 e. The van der Waals surface area contributed by atoms with Gasteiger partial charge >= 0.3 is 0 Å². The summed E-state index contributed by atoms with van der Waals surface area (Å²) in [6.07, 6.45) is 4.14. The lowest BCUT2D eigenvalue weighted by molar-refractivity contribution is -0.127. The molecule has 5 heteroatoms. The third kappa shape index (κ3) is 2.26. The van der Waals surface area contributed by atoms with E-state index in [0.29, 0.717) is 17.5 Å². The summed E-state index contributed by atoms with van der Waals surface area (Å²) < 4.78 is 0. The van der Waals surface area contributed by atoms with Crippen molar-refractivity contribution in [2.45, 2.75) is 51.6 Å². The maximum absolute atomic E-state index is 12.4. The van der Waals surface area contributed by atoms with Crippen LogP contribution in [-0.2, 0) is 4.79 Å². The van der Waals surface area contributed by atoms with Gasteiger partial charge in [0.05, 0.1) is 10.4 Å². The molecule has 2 heterocycles. The molecule has 0 aromatic rings. The van der Waals surface area contributed by atoms with Crippen LogP contribution >= 0.6 is 12.2 Å². The van der Waals surface area contributed by atoms with Gasteiger partial charge in [-0.05, 0) is 39.2 Å². The van der Waals surface area contributed by atoms with Crippen molar-refractivity contribution in [3.05, 3.63) is 0 Å². The molecular weight excluding hydrogens is 246 g/mol. The summed E-state index contributed by atoms with van der Waals surface area (Å²) in [5, 5.41) is 3.18. The molecule has 2 saturated heterocycles. The van der Waals surface area contributed by atoms with Gasteiger partial charge in [-0.25, -0.2) is 0 Å². The van der Waals surface area contributed by atoms with E-state index in [0.717, 1.165) is 13.0 Å². The van der Waals surface area contributed by atoms with Crippen LogP contribution in [0.4, 0.5) is 0 Å². The number of hydrogen-bond donors (Lipinski definition) is 2. The largest absolute Gasteiger partial charge is 0.392 e. The van der Waals surface area contributed by atoms with Crippen LogP contribution in [0.1, 0.15) is 39.5 Å². The van der Waals surface area contributed by atoms with Crippen LogP contribution in [0.25, 0.3) is 0 Å². The Morgan fingerprint density at radius 3 is 2.83 bits per heavy atom. The maximum Gasteiger partial charge on any atom is 0.233 e. The lowest BCUT2D eigenvalue weighted by Crippen LogP contribution is -2.52. The van der Waals surface area contributed by atoms with Gasteiger partial charge in [0.2, 0.25) is 5.91 Å². The first kappa shape index (κ1) is 13.7. The predicted octanol–water partition coefficient (Wildman–Crippen LogP) is 1.04. The van der Waals surface area contributed by atoms with Crippen LogP contribution in [0.15, 0.2) is 0 Å². The molecule has 3 N–H and O–H groups in total. The molecule has 2 fully saturated rings. The van der Waals surface area contributed by atoms with Gasteiger partial charge in [0.25, 0.3) is 0 Å². The second-order valence-corrected chi connectivity index (χ2v) is 6.10. The van der Waals surface area contributed by atoms with Gasteiger partial charge in [0.1, 0.15) is 0 Å². The van der Waals surface area contributed by atoms with Crippen molar-refractivity contribution in [3.63, 3.8) is 0 Å². The Kier molecular flexibility index (Phi) is 3.92. The highest BCUT2D eigenvalue weighted by Gasteiger charge is 2.41. The number of thiocarbonyl (C=S) groups is 1. The van der Waals surface area contributed by atoms with Crippen molar-refractivity contribution in [3.8, 4) is 0 Å². The number of nitrogens with one attached hydrogen (secondary N) is 1. The highest BCUT2D eigenvalue weighted by molar-refractivity contribution is 7.80. The van der Waals surface area contributed by atoms with E-state index in [2.05, 4.69) is 10.2 Å². The molecule has 0 spiro atoms. The Bertz CT molecular complexity index is 360. The van der Waals surface area contributed by atoms with E-state index in [1.54, 1.807) is 0 Å². The number of hydrogen-bond acceptors (Lipinski definition) is 3. The van der Waals surface area contributed by atoms with Gasteiger partial charge in [-0.2, -0.15) is 0 Å². The van der Waals surface area contributed by atoms with Gasteiger partial charge in [-0.15, -0.1) is 0 Å². The van der Waals surface area contributed by atoms with E-state index in [9.17, 15) is 4.79 Å². The smallest absolute Gasteiger partial charge is 0.233 e. The Labute approximate surface area is 114 Å². The summed E-state index contributed by atoms with van der Waals surface area (Å²) >= 11 is 5.05. The van der Waals surface area contributed by atoms with E-state index < -0.39 is 5.41 Å². The van der Waals surface area contributed by atoms with E-state index in [1.807, 2.05) is 13.8 Å².